The molecule has 0 radical (unpaired) electrons. The molecule has 144 valence electrons. The fraction of sp³-hybridized carbons (Fsp3) is 0.500. The van der Waals surface area contributed by atoms with Crippen LogP contribution in [0.5, 0.6) is 5.88 Å². The van der Waals surface area contributed by atoms with Gasteiger partial charge in [-0.2, -0.15) is 0 Å². The molecular weight excluding hydrogens is 445 g/mol. The van der Waals surface area contributed by atoms with Crippen LogP contribution < -0.4 is 15.4 Å². The van der Waals surface area contributed by atoms with E-state index in [0.29, 0.717) is 37.5 Å². The van der Waals surface area contributed by atoms with Crippen LogP contribution in [0.2, 0.25) is 0 Å². The number of halogens is 1. The SMILES string of the molecule is CCCOc1ncccc1CNC(=NC)NCc1cc(C(C)C)no1.I. The van der Waals surface area contributed by atoms with Crippen LogP contribution in [-0.4, -0.2) is 29.8 Å². The van der Waals surface area contributed by atoms with Crippen LogP contribution in [0.1, 0.15) is 50.1 Å². The van der Waals surface area contributed by atoms with E-state index in [0.717, 1.165) is 23.4 Å². The van der Waals surface area contributed by atoms with E-state index in [-0.39, 0.29) is 24.0 Å². The fourth-order valence-electron chi connectivity index (χ4n) is 2.14. The highest BCUT2D eigenvalue weighted by Gasteiger charge is 2.09. The highest BCUT2D eigenvalue weighted by atomic mass is 127. The zero-order chi connectivity index (χ0) is 18.1. The number of hydrogen-bond donors (Lipinski definition) is 2. The van der Waals surface area contributed by atoms with Crippen molar-refractivity contribution in [3.05, 3.63) is 41.4 Å². The van der Waals surface area contributed by atoms with Crippen LogP contribution >= 0.6 is 24.0 Å². The van der Waals surface area contributed by atoms with Crippen LogP contribution in [0.3, 0.4) is 0 Å². The largest absolute Gasteiger partial charge is 0.477 e. The maximum Gasteiger partial charge on any atom is 0.218 e. The van der Waals surface area contributed by atoms with Crippen LogP contribution in [0.15, 0.2) is 33.9 Å². The zero-order valence-electron chi connectivity index (χ0n) is 15.8. The molecule has 0 amide bonds. The van der Waals surface area contributed by atoms with Crippen LogP contribution in [0.4, 0.5) is 0 Å². The van der Waals surface area contributed by atoms with Gasteiger partial charge in [0.05, 0.1) is 18.8 Å². The topological polar surface area (TPSA) is 84.6 Å². The molecule has 0 unspecified atom stereocenters. The molecule has 0 atom stereocenters. The van der Waals surface area contributed by atoms with E-state index in [1.807, 2.05) is 18.2 Å². The summed E-state index contributed by atoms with van der Waals surface area (Å²) >= 11 is 0. The number of guanidine groups is 1. The Morgan fingerprint density at radius 1 is 1.31 bits per heavy atom. The minimum absolute atomic E-state index is 0. The summed E-state index contributed by atoms with van der Waals surface area (Å²) in [5.74, 6) is 2.46. The quantitative estimate of drug-likeness (QED) is 0.347. The molecule has 0 aliphatic carbocycles. The average molecular weight is 473 g/mol. The summed E-state index contributed by atoms with van der Waals surface area (Å²) in [6, 6.07) is 5.85. The summed E-state index contributed by atoms with van der Waals surface area (Å²) in [4.78, 5) is 8.51. The van der Waals surface area contributed by atoms with Gasteiger partial charge in [0.1, 0.15) is 0 Å². The zero-order valence-corrected chi connectivity index (χ0v) is 18.1. The van der Waals surface area contributed by atoms with E-state index in [4.69, 9.17) is 9.26 Å². The number of aromatic nitrogens is 2. The molecule has 0 aliphatic rings. The average Bonchev–Trinajstić information content (AvgIpc) is 3.10. The maximum atomic E-state index is 5.67. The molecule has 7 nitrogen and oxygen atoms in total. The lowest BCUT2D eigenvalue weighted by atomic mass is 10.1. The number of ether oxygens (including phenoxy) is 1. The van der Waals surface area contributed by atoms with E-state index < -0.39 is 0 Å². The van der Waals surface area contributed by atoms with Crippen molar-refractivity contribution in [2.24, 2.45) is 4.99 Å². The van der Waals surface area contributed by atoms with Gasteiger partial charge >= 0.3 is 0 Å². The van der Waals surface area contributed by atoms with E-state index in [1.165, 1.54) is 0 Å². The van der Waals surface area contributed by atoms with Gasteiger partial charge in [0.15, 0.2) is 11.7 Å². The van der Waals surface area contributed by atoms with Gasteiger partial charge in [-0.3, -0.25) is 4.99 Å². The van der Waals surface area contributed by atoms with Crippen molar-refractivity contribution < 1.29 is 9.26 Å². The molecule has 0 bridgehead atoms. The maximum absolute atomic E-state index is 5.67. The number of aliphatic imine (C=N–C) groups is 1. The highest BCUT2D eigenvalue weighted by Crippen LogP contribution is 2.15. The summed E-state index contributed by atoms with van der Waals surface area (Å²) < 4.78 is 11.0. The second kappa shape index (κ2) is 11.7. The van der Waals surface area contributed by atoms with Gasteiger partial charge in [0.25, 0.3) is 0 Å². The monoisotopic (exact) mass is 473 g/mol. The summed E-state index contributed by atoms with van der Waals surface area (Å²) in [6.07, 6.45) is 2.68. The number of pyridine rings is 1. The van der Waals surface area contributed by atoms with Gasteiger partial charge in [0, 0.05) is 31.4 Å². The molecule has 0 saturated carbocycles. The summed E-state index contributed by atoms with van der Waals surface area (Å²) in [7, 11) is 1.73. The number of rotatable bonds is 8. The molecule has 0 saturated heterocycles. The second-order valence-corrected chi connectivity index (χ2v) is 5.97. The van der Waals surface area contributed by atoms with Crippen LogP contribution in [0, 0.1) is 0 Å². The van der Waals surface area contributed by atoms with Gasteiger partial charge in [0.2, 0.25) is 5.88 Å². The Morgan fingerprint density at radius 2 is 2.08 bits per heavy atom. The van der Waals surface area contributed by atoms with Crippen LogP contribution in [0.25, 0.3) is 0 Å². The number of hydrogen-bond acceptors (Lipinski definition) is 5. The molecule has 0 aromatic carbocycles. The number of nitrogens with one attached hydrogen (secondary N) is 2. The third-order valence-corrected chi connectivity index (χ3v) is 3.56. The minimum Gasteiger partial charge on any atom is -0.477 e. The van der Waals surface area contributed by atoms with Gasteiger partial charge in [-0.25, -0.2) is 4.98 Å². The van der Waals surface area contributed by atoms with Crippen molar-refractivity contribution >= 4 is 29.9 Å². The molecule has 2 aromatic heterocycles. The molecule has 2 aromatic rings. The lowest BCUT2D eigenvalue weighted by Gasteiger charge is -2.13. The lowest BCUT2D eigenvalue weighted by molar-refractivity contribution is 0.301. The summed E-state index contributed by atoms with van der Waals surface area (Å²) in [5, 5.41) is 10.5. The molecule has 0 aliphatic heterocycles. The Labute approximate surface area is 172 Å². The predicted octanol–water partition coefficient (Wildman–Crippen LogP) is 3.47. The molecule has 26 heavy (non-hydrogen) atoms. The molecule has 2 heterocycles. The Balaban J connectivity index is 0.00000338. The first-order valence-electron chi connectivity index (χ1n) is 8.60. The van der Waals surface area contributed by atoms with E-state index in [1.54, 1.807) is 13.2 Å². The van der Waals surface area contributed by atoms with Crippen molar-refractivity contribution in [1.82, 2.24) is 20.8 Å². The van der Waals surface area contributed by atoms with Gasteiger partial charge < -0.3 is 19.9 Å². The Hall–Kier alpha value is -1.84. The fourth-order valence-corrected chi connectivity index (χ4v) is 2.14. The van der Waals surface area contributed by atoms with Crippen molar-refractivity contribution in [2.75, 3.05) is 13.7 Å². The van der Waals surface area contributed by atoms with Crippen molar-refractivity contribution in [2.45, 2.75) is 46.2 Å². The van der Waals surface area contributed by atoms with Crippen molar-refractivity contribution in [1.29, 1.82) is 0 Å². The smallest absolute Gasteiger partial charge is 0.218 e. The molecular formula is C18H28IN5O2. The van der Waals surface area contributed by atoms with Gasteiger partial charge in [-0.1, -0.05) is 32.0 Å². The first-order chi connectivity index (χ1) is 12.1. The molecule has 8 heteroatoms. The molecule has 2 rings (SSSR count). The lowest BCUT2D eigenvalue weighted by Crippen LogP contribution is -2.36. The number of nitrogens with zero attached hydrogens (tertiary/aromatic N) is 3. The van der Waals surface area contributed by atoms with E-state index in [2.05, 4.69) is 46.5 Å². The molecule has 2 N–H and O–H groups in total. The summed E-state index contributed by atoms with van der Waals surface area (Å²) in [5.41, 5.74) is 1.94. The van der Waals surface area contributed by atoms with Crippen molar-refractivity contribution in [3.63, 3.8) is 0 Å². The first-order valence-corrected chi connectivity index (χ1v) is 8.60. The van der Waals surface area contributed by atoms with Gasteiger partial charge in [-0.15, -0.1) is 24.0 Å². The van der Waals surface area contributed by atoms with Crippen molar-refractivity contribution in [3.8, 4) is 5.88 Å². The normalized spacial score (nSPS) is 11.2. The Morgan fingerprint density at radius 3 is 2.73 bits per heavy atom. The van der Waals surface area contributed by atoms with Crippen LogP contribution in [-0.2, 0) is 13.1 Å². The van der Waals surface area contributed by atoms with Gasteiger partial charge in [-0.05, 0) is 18.4 Å². The molecule has 0 spiro atoms. The van der Waals surface area contributed by atoms with E-state index in [9.17, 15) is 0 Å². The Bertz CT molecular complexity index is 688. The third-order valence-electron chi connectivity index (χ3n) is 3.56. The summed E-state index contributed by atoms with van der Waals surface area (Å²) in [6.45, 7) is 7.98. The van der Waals surface area contributed by atoms with E-state index >= 15 is 0 Å². The Kier molecular flexibility index (Phi) is 10.0. The highest BCUT2D eigenvalue weighted by molar-refractivity contribution is 14.0. The predicted molar refractivity (Wildman–Crippen MR) is 113 cm³/mol. The molecule has 0 fully saturated rings. The third kappa shape index (κ3) is 6.81. The minimum atomic E-state index is 0. The standard InChI is InChI=1S/C18H27N5O2.HI/c1-5-9-24-17-14(7-6-8-20-17)11-21-18(19-4)22-12-15-10-16(13(2)3)23-25-15;/h6-8,10,13H,5,9,11-12H2,1-4H3,(H2,19,21,22);1H. The first kappa shape index (κ1) is 22.2. The second-order valence-electron chi connectivity index (χ2n) is 5.97.